The maximum absolute atomic E-state index is 13.7. The van der Waals surface area contributed by atoms with E-state index in [9.17, 15) is 4.39 Å². The third-order valence-electron chi connectivity index (χ3n) is 2.66. The molecule has 0 aliphatic rings. The molecule has 17 heavy (non-hydrogen) atoms. The minimum Gasteiger partial charge on any atom is -0.356 e. The molecule has 0 aliphatic carbocycles. The SMILES string of the molecule is COC(C[C@](C)(N)c1cc(Br)ccc1F)OC. The zero-order valence-electron chi connectivity index (χ0n) is 10.2. The van der Waals surface area contributed by atoms with Gasteiger partial charge in [0.25, 0.3) is 0 Å². The second kappa shape index (κ2) is 5.91. The van der Waals surface area contributed by atoms with Crippen molar-refractivity contribution in [3.63, 3.8) is 0 Å². The first-order valence-electron chi connectivity index (χ1n) is 5.20. The lowest BCUT2D eigenvalue weighted by molar-refractivity contribution is -0.116. The van der Waals surface area contributed by atoms with E-state index >= 15 is 0 Å². The number of hydrogen-bond acceptors (Lipinski definition) is 3. The molecule has 0 spiro atoms. The molecule has 1 rings (SSSR count). The minimum absolute atomic E-state index is 0.329. The van der Waals surface area contributed by atoms with Gasteiger partial charge in [0.15, 0.2) is 6.29 Å². The summed E-state index contributed by atoms with van der Waals surface area (Å²) in [5, 5.41) is 0. The van der Waals surface area contributed by atoms with Gasteiger partial charge in [0.05, 0.1) is 0 Å². The zero-order chi connectivity index (χ0) is 13.1. The Hall–Kier alpha value is -0.490. The van der Waals surface area contributed by atoms with Crippen LogP contribution in [0.3, 0.4) is 0 Å². The summed E-state index contributed by atoms with van der Waals surface area (Å²) in [6.07, 6.45) is -0.0868. The molecular weight excluding hydrogens is 289 g/mol. The van der Waals surface area contributed by atoms with Crippen LogP contribution >= 0.6 is 15.9 Å². The van der Waals surface area contributed by atoms with E-state index in [1.165, 1.54) is 20.3 Å². The van der Waals surface area contributed by atoms with Crippen LogP contribution in [-0.4, -0.2) is 20.5 Å². The van der Waals surface area contributed by atoms with Gasteiger partial charge in [0.1, 0.15) is 5.82 Å². The van der Waals surface area contributed by atoms with Gasteiger partial charge in [-0.2, -0.15) is 0 Å². The molecular formula is C12H17BrFNO2. The summed E-state index contributed by atoms with van der Waals surface area (Å²) in [7, 11) is 3.06. The first-order valence-corrected chi connectivity index (χ1v) is 6.00. The van der Waals surface area contributed by atoms with E-state index in [2.05, 4.69) is 15.9 Å². The van der Waals surface area contributed by atoms with Gasteiger partial charge >= 0.3 is 0 Å². The number of benzene rings is 1. The zero-order valence-corrected chi connectivity index (χ0v) is 11.8. The highest BCUT2D eigenvalue weighted by molar-refractivity contribution is 9.10. The van der Waals surface area contributed by atoms with Crippen molar-refractivity contribution in [3.05, 3.63) is 34.1 Å². The van der Waals surface area contributed by atoms with Crippen molar-refractivity contribution < 1.29 is 13.9 Å². The number of hydrogen-bond donors (Lipinski definition) is 1. The Kier molecular flexibility index (Phi) is 5.06. The fourth-order valence-corrected chi connectivity index (χ4v) is 2.02. The topological polar surface area (TPSA) is 44.5 Å². The predicted molar refractivity (Wildman–Crippen MR) is 68.1 cm³/mol. The summed E-state index contributed by atoms with van der Waals surface area (Å²) in [5.41, 5.74) is 5.72. The Labute approximate surface area is 109 Å². The van der Waals surface area contributed by atoms with Gasteiger partial charge in [-0.15, -0.1) is 0 Å². The summed E-state index contributed by atoms with van der Waals surface area (Å²) in [6.45, 7) is 1.75. The van der Waals surface area contributed by atoms with E-state index in [1.807, 2.05) is 0 Å². The van der Waals surface area contributed by atoms with Gasteiger partial charge in [0, 0.05) is 36.2 Å². The Morgan fingerprint density at radius 1 is 1.41 bits per heavy atom. The van der Waals surface area contributed by atoms with Crippen molar-refractivity contribution in [2.45, 2.75) is 25.2 Å². The Balaban J connectivity index is 2.99. The van der Waals surface area contributed by atoms with E-state index in [0.29, 0.717) is 12.0 Å². The number of methoxy groups -OCH3 is 2. The number of ether oxygens (including phenoxy) is 2. The second-order valence-corrected chi connectivity index (χ2v) is 5.06. The molecule has 0 aromatic heterocycles. The van der Waals surface area contributed by atoms with E-state index in [0.717, 1.165) is 4.47 Å². The van der Waals surface area contributed by atoms with Crippen LogP contribution in [0.15, 0.2) is 22.7 Å². The maximum Gasteiger partial charge on any atom is 0.158 e. The molecule has 0 heterocycles. The maximum atomic E-state index is 13.7. The minimum atomic E-state index is -0.857. The summed E-state index contributed by atoms with van der Waals surface area (Å²) in [6, 6.07) is 4.70. The van der Waals surface area contributed by atoms with Gasteiger partial charge in [-0.3, -0.25) is 0 Å². The Bertz CT molecular complexity index is 381. The van der Waals surface area contributed by atoms with E-state index in [-0.39, 0.29) is 5.82 Å². The highest BCUT2D eigenvalue weighted by atomic mass is 79.9. The Morgan fingerprint density at radius 2 is 2.00 bits per heavy atom. The van der Waals surface area contributed by atoms with Crippen LogP contribution in [0.4, 0.5) is 4.39 Å². The fraction of sp³-hybridized carbons (Fsp3) is 0.500. The largest absolute Gasteiger partial charge is 0.356 e. The molecule has 0 amide bonds. The van der Waals surface area contributed by atoms with E-state index in [4.69, 9.17) is 15.2 Å². The van der Waals surface area contributed by atoms with Crippen LogP contribution in [0, 0.1) is 5.82 Å². The summed E-state index contributed by atoms with van der Waals surface area (Å²) < 4.78 is 24.7. The van der Waals surface area contributed by atoms with Crippen molar-refractivity contribution in [2.24, 2.45) is 5.73 Å². The average molecular weight is 306 g/mol. The third kappa shape index (κ3) is 3.74. The van der Waals surface area contributed by atoms with E-state index in [1.54, 1.807) is 19.1 Å². The standard InChI is InChI=1S/C12H17BrFNO2/c1-12(15,7-11(16-2)17-3)9-6-8(13)4-5-10(9)14/h4-6,11H,7,15H2,1-3H3/t12-/m0/s1. The summed E-state index contributed by atoms with van der Waals surface area (Å²) in [4.78, 5) is 0. The smallest absolute Gasteiger partial charge is 0.158 e. The lowest BCUT2D eigenvalue weighted by atomic mass is 9.89. The number of halogens is 2. The molecule has 1 aromatic rings. The lowest BCUT2D eigenvalue weighted by Gasteiger charge is -2.29. The first-order chi connectivity index (χ1) is 7.90. The van der Waals surface area contributed by atoms with Gasteiger partial charge in [0.2, 0.25) is 0 Å². The van der Waals surface area contributed by atoms with Gasteiger partial charge in [-0.1, -0.05) is 15.9 Å². The molecule has 3 nitrogen and oxygen atoms in total. The lowest BCUT2D eigenvalue weighted by Crippen LogP contribution is -2.39. The normalized spacial score (nSPS) is 15.0. The average Bonchev–Trinajstić information content (AvgIpc) is 2.29. The molecule has 5 heteroatoms. The van der Waals surface area contributed by atoms with Crippen molar-refractivity contribution >= 4 is 15.9 Å². The predicted octanol–water partition coefficient (Wildman–Crippen LogP) is 2.77. The summed E-state index contributed by atoms with van der Waals surface area (Å²) >= 11 is 3.30. The molecule has 96 valence electrons. The first kappa shape index (κ1) is 14.6. The van der Waals surface area contributed by atoms with Crippen molar-refractivity contribution in [1.29, 1.82) is 0 Å². The number of nitrogens with two attached hydrogens (primary N) is 1. The van der Waals surface area contributed by atoms with Crippen LogP contribution in [0.25, 0.3) is 0 Å². The monoisotopic (exact) mass is 305 g/mol. The molecule has 1 aromatic carbocycles. The van der Waals surface area contributed by atoms with E-state index < -0.39 is 11.8 Å². The van der Waals surface area contributed by atoms with Crippen LogP contribution in [0.2, 0.25) is 0 Å². The Morgan fingerprint density at radius 3 is 2.53 bits per heavy atom. The molecule has 0 bridgehead atoms. The van der Waals surface area contributed by atoms with Gasteiger partial charge in [-0.05, 0) is 25.1 Å². The molecule has 0 saturated carbocycles. The van der Waals surface area contributed by atoms with Crippen LogP contribution < -0.4 is 5.73 Å². The van der Waals surface area contributed by atoms with Crippen molar-refractivity contribution in [2.75, 3.05) is 14.2 Å². The van der Waals surface area contributed by atoms with Crippen LogP contribution in [-0.2, 0) is 15.0 Å². The second-order valence-electron chi connectivity index (χ2n) is 4.15. The quantitative estimate of drug-likeness (QED) is 0.851. The summed E-state index contributed by atoms with van der Waals surface area (Å²) in [5.74, 6) is -0.329. The molecule has 0 radical (unpaired) electrons. The molecule has 0 aliphatic heterocycles. The molecule has 0 saturated heterocycles. The van der Waals surface area contributed by atoms with Crippen LogP contribution in [0.1, 0.15) is 18.9 Å². The van der Waals surface area contributed by atoms with Crippen LogP contribution in [0.5, 0.6) is 0 Å². The fourth-order valence-electron chi connectivity index (χ4n) is 1.65. The molecule has 2 N–H and O–H groups in total. The highest BCUT2D eigenvalue weighted by Crippen LogP contribution is 2.29. The highest BCUT2D eigenvalue weighted by Gasteiger charge is 2.28. The van der Waals surface area contributed by atoms with Crippen molar-refractivity contribution in [3.8, 4) is 0 Å². The van der Waals surface area contributed by atoms with Gasteiger partial charge < -0.3 is 15.2 Å². The third-order valence-corrected chi connectivity index (χ3v) is 3.15. The molecule has 1 atom stereocenters. The molecule has 0 unspecified atom stereocenters. The van der Waals surface area contributed by atoms with Crippen molar-refractivity contribution in [1.82, 2.24) is 0 Å². The molecule has 0 fully saturated rings. The van der Waals surface area contributed by atoms with Gasteiger partial charge in [-0.25, -0.2) is 4.39 Å². The number of rotatable bonds is 5.